The number of aromatic carboxylic acids is 1. The lowest BCUT2D eigenvalue weighted by atomic mass is 10.1. The number of nitrogens with one attached hydrogen (secondary N) is 1. The van der Waals surface area contributed by atoms with Crippen molar-refractivity contribution in [1.29, 1.82) is 0 Å². The zero-order chi connectivity index (χ0) is 14.6. The Hall–Kier alpha value is -1.56. The molecule has 0 aliphatic heterocycles. The maximum absolute atomic E-state index is 11.6. The van der Waals surface area contributed by atoms with Crippen LogP contribution in [0.15, 0.2) is 22.7 Å². The van der Waals surface area contributed by atoms with Gasteiger partial charge in [0.1, 0.15) is 5.75 Å². The second-order valence-corrected chi connectivity index (χ2v) is 5.89. The third-order valence-electron chi connectivity index (χ3n) is 2.05. The number of carbonyl (C=O) groups excluding carboxylic acids is 1. The first-order chi connectivity index (χ1) is 8.69. The minimum Gasteiger partial charge on any atom is -0.484 e. The highest BCUT2D eigenvalue weighted by molar-refractivity contribution is 9.10. The monoisotopic (exact) mass is 329 g/mol. The van der Waals surface area contributed by atoms with Gasteiger partial charge in [-0.15, -0.1) is 0 Å². The van der Waals surface area contributed by atoms with Crippen molar-refractivity contribution in [2.45, 2.75) is 26.3 Å². The number of carboxylic acids is 1. The Balaban J connectivity index is 2.66. The third-order valence-corrected chi connectivity index (χ3v) is 2.74. The summed E-state index contributed by atoms with van der Waals surface area (Å²) < 4.78 is 5.73. The molecule has 1 amide bonds. The first-order valence-corrected chi connectivity index (χ1v) is 6.45. The fraction of sp³-hybridized carbons (Fsp3) is 0.385. The minimum atomic E-state index is -1.06. The Kier molecular flexibility index (Phi) is 4.94. The van der Waals surface area contributed by atoms with E-state index >= 15 is 0 Å². The van der Waals surface area contributed by atoms with Gasteiger partial charge in [-0.2, -0.15) is 0 Å². The van der Waals surface area contributed by atoms with Crippen LogP contribution >= 0.6 is 15.9 Å². The quantitative estimate of drug-likeness (QED) is 0.889. The molecule has 6 heteroatoms. The van der Waals surface area contributed by atoms with Crippen LogP contribution in [-0.4, -0.2) is 29.1 Å². The normalized spacial score (nSPS) is 10.9. The van der Waals surface area contributed by atoms with E-state index in [4.69, 9.17) is 9.84 Å². The molecule has 1 aromatic carbocycles. The van der Waals surface area contributed by atoms with Crippen LogP contribution in [0.2, 0.25) is 0 Å². The second-order valence-electron chi connectivity index (χ2n) is 5.03. The molecule has 0 heterocycles. The minimum absolute atomic E-state index is 0.0914. The Morgan fingerprint density at radius 2 is 2.00 bits per heavy atom. The summed E-state index contributed by atoms with van der Waals surface area (Å²) in [6.45, 7) is 5.45. The number of hydrogen-bond donors (Lipinski definition) is 2. The summed E-state index contributed by atoms with van der Waals surface area (Å²) in [5, 5.41) is 11.7. The Labute approximate surface area is 120 Å². The fourth-order valence-corrected chi connectivity index (χ4v) is 1.78. The molecule has 0 atom stereocenters. The van der Waals surface area contributed by atoms with Crippen molar-refractivity contribution in [2.24, 2.45) is 0 Å². The van der Waals surface area contributed by atoms with Crippen molar-refractivity contribution >= 4 is 27.8 Å². The van der Waals surface area contributed by atoms with Gasteiger partial charge >= 0.3 is 5.97 Å². The van der Waals surface area contributed by atoms with Crippen molar-refractivity contribution in [2.75, 3.05) is 6.61 Å². The van der Waals surface area contributed by atoms with Crippen LogP contribution in [0.5, 0.6) is 5.75 Å². The van der Waals surface area contributed by atoms with Crippen LogP contribution in [0.1, 0.15) is 31.1 Å². The van der Waals surface area contributed by atoms with Crippen LogP contribution in [0.3, 0.4) is 0 Å². The number of halogens is 1. The zero-order valence-electron chi connectivity index (χ0n) is 11.0. The summed E-state index contributed by atoms with van der Waals surface area (Å²) in [7, 11) is 0. The van der Waals surface area contributed by atoms with E-state index in [1.54, 1.807) is 12.1 Å². The molecule has 0 saturated carbocycles. The zero-order valence-corrected chi connectivity index (χ0v) is 12.6. The number of ether oxygens (including phenoxy) is 1. The maximum Gasteiger partial charge on any atom is 0.336 e. The van der Waals surface area contributed by atoms with E-state index in [1.807, 2.05) is 20.8 Å². The van der Waals surface area contributed by atoms with Gasteiger partial charge in [0.25, 0.3) is 5.91 Å². The molecule has 0 unspecified atom stereocenters. The third kappa shape index (κ3) is 5.30. The molecule has 19 heavy (non-hydrogen) atoms. The highest BCUT2D eigenvalue weighted by atomic mass is 79.9. The first-order valence-electron chi connectivity index (χ1n) is 5.66. The van der Waals surface area contributed by atoms with Gasteiger partial charge in [0.05, 0.1) is 5.56 Å². The molecule has 5 nitrogen and oxygen atoms in total. The SMILES string of the molecule is CC(C)(C)NC(=O)COc1ccc(Br)c(C(=O)O)c1. The maximum atomic E-state index is 11.6. The van der Waals surface area contributed by atoms with Crippen molar-refractivity contribution in [3.8, 4) is 5.75 Å². The van der Waals surface area contributed by atoms with Gasteiger partial charge in [-0.1, -0.05) is 0 Å². The van der Waals surface area contributed by atoms with E-state index in [2.05, 4.69) is 21.2 Å². The van der Waals surface area contributed by atoms with E-state index in [9.17, 15) is 9.59 Å². The second kappa shape index (κ2) is 6.06. The van der Waals surface area contributed by atoms with E-state index in [1.165, 1.54) is 6.07 Å². The molecule has 0 spiro atoms. The lowest BCUT2D eigenvalue weighted by Gasteiger charge is -2.20. The lowest BCUT2D eigenvalue weighted by Crippen LogP contribution is -2.43. The first kappa shape index (κ1) is 15.5. The molecular formula is C13H16BrNO4. The van der Waals surface area contributed by atoms with Gasteiger partial charge in [0.15, 0.2) is 6.61 Å². The lowest BCUT2D eigenvalue weighted by molar-refractivity contribution is -0.124. The predicted molar refractivity (Wildman–Crippen MR) is 74.5 cm³/mol. The number of rotatable bonds is 4. The van der Waals surface area contributed by atoms with Crippen LogP contribution in [0, 0.1) is 0 Å². The van der Waals surface area contributed by atoms with E-state index in [0.29, 0.717) is 10.2 Å². The van der Waals surface area contributed by atoms with Gasteiger partial charge in [0.2, 0.25) is 0 Å². The largest absolute Gasteiger partial charge is 0.484 e. The molecule has 0 bridgehead atoms. The van der Waals surface area contributed by atoms with Crippen molar-refractivity contribution in [1.82, 2.24) is 5.32 Å². The van der Waals surface area contributed by atoms with Gasteiger partial charge < -0.3 is 15.2 Å². The van der Waals surface area contributed by atoms with Crippen LogP contribution < -0.4 is 10.1 Å². The molecule has 0 aliphatic rings. The van der Waals surface area contributed by atoms with Crippen molar-refractivity contribution in [3.05, 3.63) is 28.2 Å². The molecule has 0 aromatic heterocycles. The topological polar surface area (TPSA) is 75.6 Å². The fourth-order valence-electron chi connectivity index (χ4n) is 1.36. The molecule has 104 valence electrons. The number of hydrogen-bond acceptors (Lipinski definition) is 3. The Bertz CT molecular complexity index is 494. The predicted octanol–water partition coefficient (Wildman–Crippen LogP) is 2.44. The summed E-state index contributed by atoms with van der Waals surface area (Å²) in [6.07, 6.45) is 0. The number of carboxylic acid groups (broad SMARTS) is 1. The standard InChI is InChI=1S/C13H16BrNO4/c1-13(2,3)15-11(16)7-19-8-4-5-10(14)9(6-8)12(17)18/h4-6H,7H2,1-3H3,(H,15,16)(H,17,18). The van der Waals surface area contributed by atoms with Crippen molar-refractivity contribution < 1.29 is 19.4 Å². The molecule has 2 N–H and O–H groups in total. The van der Waals surface area contributed by atoms with Crippen LogP contribution in [0.25, 0.3) is 0 Å². The number of carbonyl (C=O) groups is 2. The Morgan fingerprint density at radius 1 is 1.37 bits per heavy atom. The molecule has 0 aliphatic carbocycles. The summed E-state index contributed by atoms with van der Waals surface area (Å²) in [5.74, 6) is -0.978. The summed E-state index contributed by atoms with van der Waals surface area (Å²) in [6, 6.07) is 4.54. The molecule has 0 saturated heterocycles. The van der Waals surface area contributed by atoms with E-state index in [-0.39, 0.29) is 23.6 Å². The number of amides is 1. The van der Waals surface area contributed by atoms with Gasteiger partial charge in [0, 0.05) is 10.0 Å². The average molecular weight is 330 g/mol. The summed E-state index contributed by atoms with van der Waals surface area (Å²) in [5.41, 5.74) is -0.236. The molecular weight excluding hydrogens is 314 g/mol. The smallest absolute Gasteiger partial charge is 0.336 e. The molecule has 0 radical (unpaired) electrons. The van der Waals surface area contributed by atoms with Gasteiger partial charge in [-0.25, -0.2) is 4.79 Å². The number of benzene rings is 1. The average Bonchev–Trinajstić information content (AvgIpc) is 2.25. The van der Waals surface area contributed by atoms with Gasteiger partial charge in [-0.3, -0.25) is 4.79 Å². The highest BCUT2D eigenvalue weighted by Crippen LogP contribution is 2.22. The van der Waals surface area contributed by atoms with Crippen molar-refractivity contribution in [3.63, 3.8) is 0 Å². The highest BCUT2D eigenvalue weighted by Gasteiger charge is 2.15. The summed E-state index contributed by atoms with van der Waals surface area (Å²) >= 11 is 3.14. The van der Waals surface area contributed by atoms with Crippen LogP contribution in [0.4, 0.5) is 0 Å². The Morgan fingerprint density at radius 3 is 2.53 bits per heavy atom. The van der Waals surface area contributed by atoms with Gasteiger partial charge in [-0.05, 0) is 54.9 Å². The van der Waals surface area contributed by atoms with E-state index < -0.39 is 5.97 Å². The molecule has 1 rings (SSSR count). The molecule has 1 aromatic rings. The van der Waals surface area contributed by atoms with Crippen LogP contribution in [-0.2, 0) is 4.79 Å². The van der Waals surface area contributed by atoms with E-state index in [0.717, 1.165) is 0 Å². The molecule has 0 fully saturated rings. The summed E-state index contributed by atoms with van der Waals surface area (Å²) in [4.78, 5) is 22.5.